The van der Waals surface area contributed by atoms with E-state index in [4.69, 9.17) is 10.00 Å². The van der Waals surface area contributed by atoms with Gasteiger partial charge >= 0.3 is 0 Å². The molecule has 0 saturated carbocycles. The van der Waals surface area contributed by atoms with Crippen LogP contribution in [0.4, 0.5) is 0 Å². The number of rotatable bonds is 1. The first-order valence-electron chi connectivity index (χ1n) is 5.06. The number of aromatic nitrogens is 3. The second kappa shape index (κ2) is 3.86. The van der Waals surface area contributed by atoms with Crippen molar-refractivity contribution in [3.8, 4) is 23.1 Å². The summed E-state index contributed by atoms with van der Waals surface area (Å²) in [4.78, 5) is 0. The zero-order valence-corrected chi connectivity index (χ0v) is 10.3. The number of nitrogens with zero attached hydrogens (tertiary/aromatic N) is 3. The van der Waals surface area contributed by atoms with E-state index in [0.717, 1.165) is 27.8 Å². The highest BCUT2D eigenvalue weighted by atomic mass is 79.9. The fourth-order valence-corrected chi connectivity index (χ4v) is 2.45. The number of benzene rings is 1. The average molecular weight is 291 g/mol. The van der Waals surface area contributed by atoms with Crippen LogP contribution in [-0.2, 0) is 6.42 Å². The van der Waals surface area contributed by atoms with Crippen molar-refractivity contribution < 1.29 is 4.74 Å². The monoisotopic (exact) mass is 290 g/mol. The fraction of sp³-hybridized carbons (Fsp3) is 0.182. The van der Waals surface area contributed by atoms with Crippen LogP contribution in [-0.4, -0.2) is 22.0 Å². The van der Waals surface area contributed by atoms with Gasteiger partial charge in [0, 0.05) is 16.5 Å². The van der Waals surface area contributed by atoms with Crippen molar-refractivity contribution in [1.82, 2.24) is 15.4 Å². The van der Waals surface area contributed by atoms with Gasteiger partial charge in [0.05, 0.1) is 6.61 Å². The number of hydrogen-bond acceptors (Lipinski definition) is 4. The van der Waals surface area contributed by atoms with Crippen LogP contribution in [0.15, 0.2) is 16.6 Å². The molecule has 0 amide bonds. The number of hydrogen-bond donors (Lipinski definition) is 1. The molecule has 1 N–H and O–H groups in total. The molecule has 0 spiro atoms. The predicted molar refractivity (Wildman–Crippen MR) is 63.4 cm³/mol. The van der Waals surface area contributed by atoms with Crippen LogP contribution in [0, 0.1) is 11.3 Å². The normalized spacial score (nSPS) is 12.9. The number of H-pyrrole nitrogens is 1. The summed E-state index contributed by atoms with van der Waals surface area (Å²) < 4.78 is 6.54. The van der Waals surface area contributed by atoms with Gasteiger partial charge in [-0.3, -0.25) is 0 Å². The van der Waals surface area contributed by atoms with Crippen LogP contribution in [0.5, 0.6) is 5.75 Å². The molecule has 0 fully saturated rings. The Bertz CT molecular complexity index is 629. The predicted octanol–water partition coefficient (Wildman–Crippen LogP) is 2.04. The Morgan fingerprint density at radius 2 is 2.29 bits per heavy atom. The maximum Gasteiger partial charge on any atom is 0.190 e. The van der Waals surface area contributed by atoms with Crippen LogP contribution < -0.4 is 4.74 Å². The van der Waals surface area contributed by atoms with E-state index in [1.54, 1.807) is 0 Å². The Labute approximate surface area is 106 Å². The summed E-state index contributed by atoms with van der Waals surface area (Å²) in [5.41, 5.74) is 2.74. The SMILES string of the molecule is N#Cc1n[nH]nc1-c1cc(Br)cc2c1OCC2. The minimum absolute atomic E-state index is 0.279. The van der Waals surface area contributed by atoms with Crippen molar-refractivity contribution in [1.29, 1.82) is 5.26 Å². The molecular formula is C11H7BrN4O. The molecule has 17 heavy (non-hydrogen) atoms. The lowest BCUT2D eigenvalue weighted by Gasteiger charge is -2.06. The van der Waals surface area contributed by atoms with E-state index in [-0.39, 0.29) is 5.69 Å². The lowest BCUT2D eigenvalue weighted by Crippen LogP contribution is -1.90. The lowest BCUT2D eigenvalue weighted by atomic mass is 10.0. The molecule has 3 rings (SSSR count). The van der Waals surface area contributed by atoms with Crippen molar-refractivity contribution in [3.05, 3.63) is 27.9 Å². The van der Waals surface area contributed by atoms with Gasteiger partial charge in [-0.15, -0.1) is 5.10 Å². The minimum atomic E-state index is 0.279. The van der Waals surface area contributed by atoms with E-state index in [1.807, 2.05) is 18.2 Å². The molecule has 84 valence electrons. The van der Waals surface area contributed by atoms with Crippen LogP contribution in [0.3, 0.4) is 0 Å². The smallest absolute Gasteiger partial charge is 0.190 e. The van der Waals surface area contributed by atoms with E-state index in [9.17, 15) is 0 Å². The van der Waals surface area contributed by atoms with Gasteiger partial charge in [0.2, 0.25) is 0 Å². The van der Waals surface area contributed by atoms with Gasteiger partial charge < -0.3 is 4.74 Å². The molecule has 0 radical (unpaired) electrons. The van der Waals surface area contributed by atoms with Crippen molar-refractivity contribution in [2.24, 2.45) is 0 Å². The zero-order valence-electron chi connectivity index (χ0n) is 8.70. The summed E-state index contributed by atoms with van der Waals surface area (Å²) in [6.07, 6.45) is 0.876. The molecule has 0 aliphatic carbocycles. The first-order valence-corrected chi connectivity index (χ1v) is 5.85. The second-order valence-electron chi connectivity index (χ2n) is 3.67. The largest absolute Gasteiger partial charge is 0.492 e. The van der Waals surface area contributed by atoms with Gasteiger partial charge in [-0.2, -0.15) is 15.6 Å². The van der Waals surface area contributed by atoms with E-state index in [2.05, 4.69) is 31.3 Å². The Balaban J connectivity index is 2.25. The Hall–Kier alpha value is -1.87. The molecule has 1 aromatic heterocycles. The standard InChI is InChI=1S/C11H7BrN4O/c12-7-3-6-1-2-17-11(6)8(4-7)10-9(5-13)14-16-15-10/h3-4H,1-2H2,(H,14,15,16). The number of aromatic amines is 1. The Morgan fingerprint density at radius 3 is 3.12 bits per heavy atom. The molecule has 0 atom stereocenters. The fourth-order valence-electron chi connectivity index (χ4n) is 1.94. The molecule has 0 unspecified atom stereocenters. The van der Waals surface area contributed by atoms with Crippen molar-refractivity contribution >= 4 is 15.9 Å². The maximum absolute atomic E-state index is 8.96. The van der Waals surface area contributed by atoms with Crippen LogP contribution >= 0.6 is 15.9 Å². The summed E-state index contributed by atoms with van der Waals surface area (Å²) >= 11 is 3.45. The third-order valence-corrected chi connectivity index (χ3v) is 3.12. The molecule has 0 bridgehead atoms. The Kier molecular flexibility index (Phi) is 2.34. The van der Waals surface area contributed by atoms with Gasteiger partial charge in [-0.25, -0.2) is 0 Å². The number of nitrogens with one attached hydrogen (secondary N) is 1. The molecule has 1 aromatic carbocycles. The Morgan fingerprint density at radius 1 is 1.41 bits per heavy atom. The molecule has 5 nitrogen and oxygen atoms in total. The molecule has 2 heterocycles. The number of ether oxygens (including phenoxy) is 1. The third-order valence-electron chi connectivity index (χ3n) is 2.66. The summed E-state index contributed by atoms with van der Waals surface area (Å²) in [5, 5.41) is 19.2. The maximum atomic E-state index is 8.96. The lowest BCUT2D eigenvalue weighted by molar-refractivity contribution is 0.358. The molecule has 1 aliphatic rings. The van der Waals surface area contributed by atoms with Crippen molar-refractivity contribution in [2.75, 3.05) is 6.61 Å². The van der Waals surface area contributed by atoms with Gasteiger partial charge in [0.15, 0.2) is 5.69 Å². The van der Waals surface area contributed by atoms with Gasteiger partial charge in [-0.05, 0) is 17.7 Å². The van der Waals surface area contributed by atoms with Crippen LogP contribution in [0.2, 0.25) is 0 Å². The molecule has 0 saturated heterocycles. The zero-order chi connectivity index (χ0) is 11.8. The number of halogens is 1. The topological polar surface area (TPSA) is 74.6 Å². The average Bonchev–Trinajstić information content (AvgIpc) is 2.95. The first-order chi connectivity index (χ1) is 8.29. The van der Waals surface area contributed by atoms with E-state index in [0.29, 0.717) is 12.3 Å². The third kappa shape index (κ3) is 1.59. The second-order valence-corrected chi connectivity index (χ2v) is 4.59. The molecule has 6 heteroatoms. The van der Waals surface area contributed by atoms with Crippen LogP contribution in [0.25, 0.3) is 11.3 Å². The summed E-state index contributed by atoms with van der Waals surface area (Å²) in [6, 6.07) is 5.93. The van der Waals surface area contributed by atoms with Gasteiger partial charge in [-0.1, -0.05) is 15.9 Å². The highest BCUT2D eigenvalue weighted by Gasteiger charge is 2.22. The van der Waals surface area contributed by atoms with Crippen molar-refractivity contribution in [3.63, 3.8) is 0 Å². The number of fused-ring (bicyclic) bond motifs is 1. The van der Waals surface area contributed by atoms with E-state index >= 15 is 0 Å². The minimum Gasteiger partial charge on any atom is -0.492 e. The molecule has 1 aliphatic heterocycles. The summed E-state index contributed by atoms with van der Waals surface area (Å²) in [7, 11) is 0. The molecule has 2 aromatic rings. The van der Waals surface area contributed by atoms with E-state index in [1.165, 1.54) is 0 Å². The van der Waals surface area contributed by atoms with Crippen LogP contribution in [0.1, 0.15) is 11.3 Å². The quantitative estimate of drug-likeness (QED) is 0.872. The summed E-state index contributed by atoms with van der Waals surface area (Å²) in [5.74, 6) is 0.804. The molecular weight excluding hydrogens is 284 g/mol. The summed E-state index contributed by atoms with van der Waals surface area (Å²) in [6.45, 7) is 0.665. The van der Waals surface area contributed by atoms with E-state index < -0.39 is 0 Å². The highest BCUT2D eigenvalue weighted by Crippen LogP contribution is 2.39. The number of nitriles is 1. The van der Waals surface area contributed by atoms with Crippen molar-refractivity contribution in [2.45, 2.75) is 6.42 Å². The first kappa shape index (κ1) is 10.3. The van der Waals surface area contributed by atoms with Gasteiger partial charge in [0.25, 0.3) is 0 Å². The highest BCUT2D eigenvalue weighted by molar-refractivity contribution is 9.10. The van der Waals surface area contributed by atoms with Gasteiger partial charge in [0.1, 0.15) is 17.5 Å².